The van der Waals surface area contributed by atoms with Gasteiger partial charge in [-0.3, -0.25) is 10.7 Å². The Hall–Kier alpha value is -0.750. The second-order valence-electron chi connectivity index (χ2n) is 2.74. The molecule has 0 saturated carbocycles. The summed E-state index contributed by atoms with van der Waals surface area (Å²) in [4.78, 5) is 0. The molecule has 2 N–H and O–H groups in total. The van der Waals surface area contributed by atoms with Gasteiger partial charge in [-0.2, -0.15) is 13.2 Å². The van der Waals surface area contributed by atoms with Crippen molar-refractivity contribution in [3.63, 3.8) is 0 Å². The van der Waals surface area contributed by atoms with E-state index in [2.05, 4.69) is 15.9 Å². The van der Waals surface area contributed by atoms with Crippen molar-refractivity contribution >= 4 is 21.6 Å². The molecule has 0 amide bonds. The van der Waals surface area contributed by atoms with Crippen molar-refractivity contribution < 1.29 is 18.4 Å². The van der Waals surface area contributed by atoms with Crippen molar-refractivity contribution in [2.24, 2.45) is 0 Å². The largest absolute Gasteiger partial charge is 0.416 e. The second kappa shape index (κ2) is 3.78. The van der Waals surface area contributed by atoms with Crippen LogP contribution in [0.2, 0.25) is 0 Å². The summed E-state index contributed by atoms with van der Waals surface area (Å²) >= 11 is 2.93. The first kappa shape index (κ1) is 11.3. The summed E-state index contributed by atoms with van der Waals surface area (Å²) in [5.41, 5.74) is 0.939. The van der Waals surface area contributed by atoms with Crippen LogP contribution in [0, 0.1) is 6.92 Å². The molecule has 78 valence electrons. The fraction of sp³-hybridized carbons (Fsp3) is 0.250. The lowest BCUT2D eigenvalue weighted by Crippen LogP contribution is -2.09. The second-order valence-corrected chi connectivity index (χ2v) is 3.65. The molecule has 0 aliphatic carbocycles. The molecule has 1 aromatic rings. The van der Waals surface area contributed by atoms with Crippen LogP contribution in [-0.4, -0.2) is 5.21 Å². The molecule has 0 fully saturated rings. The summed E-state index contributed by atoms with van der Waals surface area (Å²) in [5, 5.41) is 8.59. The maximum atomic E-state index is 12.4. The van der Waals surface area contributed by atoms with Crippen LogP contribution in [0.4, 0.5) is 18.9 Å². The molecule has 0 spiro atoms. The first-order valence-electron chi connectivity index (χ1n) is 3.63. The predicted molar refractivity (Wildman–Crippen MR) is 49.3 cm³/mol. The Morgan fingerprint density at radius 2 is 1.93 bits per heavy atom. The zero-order valence-corrected chi connectivity index (χ0v) is 8.70. The number of nitrogens with one attached hydrogen (secondary N) is 1. The summed E-state index contributed by atoms with van der Waals surface area (Å²) in [6.45, 7) is 1.29. The minimum atomic E-state index is -4.42. The number of halogens is 4. The van der Waals surface area contributed by atoms with Crippen molar-refractivity contribution in [1.82, 2.24) is 0 Å². The van der Waals surface area contributed by atoms with E-state index < -0.39 is 11.7 Å². The third-order valence-electron chi connectivity index (χ3n) is 1.80. The molecule has 0 radical (unpaired) electrons. The van der Waals surface area contributed by atoms with E-state index >= 15 is 0 Å². The fourth-order valence-electron chi connectivity index (χ4n) is 1.09. The molecular formula is C8H7BrF3NO. The van der Waals surface area contributed by atoms with E-state index in [1.807, 2.05) is 0 Å². The van der Waals surface area contributed by atoms with E-state index in [0.717, 1.165) is 6.07 Å². The topological polar surface area (TPSA) is 32.3 Å². The Morgan fingerprint density at radius 3 is 2.36 bits per heavy atom. The van der Waals surface area contributed by atoms with Gasteiger partial charge in [0.2, 0.25) is 0 Å². The first-order chi connectivity index (χ1) is 6.36. The molecule has 6 heteroatoms. The maximum Gasteiger partial charge on any atom is 0.416 e. The van der Waals surface area contributed by atoms with E-state index in [1.54, 1.807) is 5.48 Å². The smallest absolute Gasteiger partial charge is 0.291 e. The zero-order valence-electron chi connectivity index (χ0n) is 7.11. The lowest BCUT2D eigenvalue weighted by Gasteiger charge is -2.13. The molecule has 0 saturated heterocycles. The van der Waals surface area contributed by atoms with Crippen LogP contribution in [-0.2, 0) is 6.18 Å². The number of rotatable bonds is 1. The zero-order chi connectivity index (χ0) is 10.9. The van der Waals surface area contributed by atoms with Crippen LogP contribution in [0.3, 0.4) is 0 Å². The van der Waals surface area contributed by atoms with E-state index in [-0.39, 0.29) is 15.7 Å². The van der Waals surface area contributed by atoms with Crippen LogP contribution >= 0.6 is 15.9 Å². The highest BCUT2D eigenvalue weighted by Gasteiger charge is 2.33. The van der Waals surface area contributed by atoms with Gasteiger partial charge in [0.05, 0.1) is 11.3 Å². The summed E-state index contributed by atoms with van der Waals surface area (Å²) < 4.78 is 37.5. The highest BCUT2D eigenvalue weighted by Crippen LogP contribution is 2.36. The van der Waals surface area contributed by atoms with Gasteiger partial charge in [-0.15, -0.1) is 0 Å². The summed E-state index contributed by atoms with van der Waals surface area (Å²) in [7, 11) is 0. The van der Waals surface area contributed by atoms with Crippen molar-refractivity contribution in [1.29, 1.82) is 0 Å². The van der Waals surface area contributed by atoms with Gasteiger partial charge in [0, 0.05) is 4.47 Å². The van der Waals surface area contributed by atoms with E-state index in [9.17, 15) is 13.2 Å². The maximum absolute atomic E-state index is 12.4. The Kier molecular flexibility index (Phi) is 3.06. The fourth-order valence-corrected chi connectivity index (χ4v) is 1.55. The van der Waals surface area contributed by atoms with Gasteiger partial charge in [0.1, 0.15) is 0 Å². The van der Waals surface area contributed by atoms with Crippen LogP contribution in [0.15, 0.2) is 16.6 Å². The van der Waals surface area contributed by atoms with Crippen molar-refractivity contribution in [3.8, 4) is 0 Å². The molecule has 14 heavy (non-hydrogen) atoms. The van der Waals surface area contributed by atoms with Gasteiger partial charge >= 0.3 is 6.18 Å². The third kappa shape index (κ3) is 2.19. The SMILES string of the molecule is Cc1c(NO)cc(Br)cc1C(F)(F)F. The molecule has 0 aromatic heterocycles. The molecule has 0 atom stereocenters. The van der Waals surface area contributed by atoms with Crippen LogP contribution < -0.4 is 5.48 Å². The lowest BCUT2D eigenvalue weighted by atomic mass is 10.1. The normalized spacial score (nSPS) is 11.6. The van der Waals surface area contributed by atoms with Gasteiger partial charge < -0.3 is 0 Å². The number of hydrogen-bond acceptors (Lipinski definition) is 2. The van der Waals surface area contributed by atoms with E-state index in [1.165, 1.54) is 13.0 Å². The third-order valence-corrected chi connectivity index (χ3v) is 2.26. The molecule has 0 bridgehead atoms. The van der Waals surface area contributed by atoms with Crippen LogP contribution in [0.5, 0.6) is 0 Å². The number of alkyl halides is 3. The van der Waals surface area contributed by atoms with Gasteiger partial charge in [0.25, 0.3) is 0 Å². The van der Waals surface area contributed by atoms with Crippen LogP contribution in [0.25, 0.3) is 0 Å². The molecule has 2 nitrogen and oxygen atoms in total. The summed E-state index contributed by atoms with van der Waals surface area (Å²) in [6.07, 6.45) is -4.42. The standard InChI is InChI=1S/C8H7BrF3NO/c1-4-6(8(10,11)12)2-5(9)3-7(4)13-14/h2-3,13-14H,1H3. The molecule has 0 aliphatic rings. The lowest BCUT2D eigenvalue weighted by molar-refractivity contribution is -0.138. The highest BCUT2D eigenvalue weighted by atomic mass is 79.9. The Labute approximate surface area is 86.8 Å². The number of anilines is 1. The van der Waals surface area contributed by atoms with Gasteiger partial charge in [0.15, 0.2) is 0 Å². The molecule has 1 aromatic carbocycles. The Bertz CT molecular complexity index is 351. The molecule has 1 rings (SSSR count). The average molecular weight is 270 g/mol. The molecular weight excluding hydrogens is 263 g/mol. The molecule has 0 unspecified atom stereocenters. The Balaban J connectivity index is 3.37. The summed E-state index contributed by atoms with van der Waals surface area (Å²) in [6, 6.07) is 2.33. The van der Waals surface area contributed by atoms with Crippen LogP contribution in [0.1, 0.15) is 11.1 Å². The van der Waals surface area contributed by atoms with Crippen molar-refractivity contribution in [2.45, 2.75) is 13.1 Å². The monoisotopic (exact) mass is 269 g/mol. The summed E-state index contributed by atoms with van der Waals surface area (Å²) in [5.74, 6) is 0. The first-order valence-corrected chi connectivity index (χ1v) is 4.43. The van der Waals surface area contributed by atoms with Crippen molar-refractivity contribution in [3.05, 3.63) is 27.7 Å². The van der Waals surface area contributed by atoms with Gasteiger partial charge in [-0.25, -0.2) is 0 Å². The average Bonchev–Trinajstić information content (AvgIpc) is 2.06. The number of hydrogen-bond donors (Lipinski definition) is 2. The minimum absolute atomic E-state index is 0.0340. The van der Waals surface area contributed by atoms with Crippen molar-refractivity contribution in [2.75, 3.05) is 5.48 Å². The van der Waals surface area contributed by atoms with E-state index in [4.69, 9.17) is 5.21 Å². The predicted octanol–water partition coefficient (Wildman–Crippen LogP) is 3.58. The molecule has 0 aliphatic heterocycles. The van der Waals surface area contributed by atoms with E-state index in [0.29, 0.717) is 0 Å². The minimum Gasteiger partial charge on any atom is -0.291 e. The Morgan fingerprint density at radius 1 is 1.36 bits per heavy atom. The van der Waals surface area contributed by atoms with Gasteiger partial charge in [-0.05, 0) is 24.6 Å². The number of benzene rings is 1. The highest BCUT2D eigenvalue weighted by molar-refractivity contribution is 9.10. The molecule has 0 heterocycles. The van der Waals surface area contributed by atoms with Gasteiger partial charge in [-0.1, -0.05) is 15.9 Å². The quantitative estimate of drug-likeness (QED) is 0.764.